The Morgan fingerprint density at radius 2 is 1.65 bits per heavy atom. The van der Waals surface area contributed by atoms with E-state index in [2.05, 4.69) is 5.32 Å². The van der Waals surface area contributed by atoms with E-state index in [0.29, 0.717) is 11.3 Å². The van der Waals surface area contributed by atoms with Crippen LogP contribution < -0.4 is 11.1 Å². The van der Waals surface area contributed by atoms with E-state index >= 15 is 0 Å². The summed E-state index contributed by atoms with van der Waals surface area (Å²) in [5, 5.41) is 2.66. The van der Waals surface area contributed by atoms with Crippen molar-refractivity contribution in [3.05, 3.63) is 29.8 Å². The fourth-order valence-electron chi connectivity index (χ4n) is 2.32. The number of carbonyl (C=O) groups excluding carboxylic acids is 2. The van der Waals surface area contributed by atoms with E-state index < -0.39 is 0 Å². The third kappa shape index (κ3) is 3.98. The average molecular weight is 275 g/mol. The zero-order valence-corrected chi connectivity index (χ0v) is 11.6. The van der Waals surface area contributed by atoms with Gasteiger partial charge in [-0.3, -0.25) is 9.59 Å². The summed E-state index contributed by atoms with van der Waals surface area (Å²) < 4.78 is 0. The van der Waals surface area contributed by atoms with E-state index in [1.165, 1.54) is 12.8 Å². The van der Waals surface area contributed by atoms with Gasteiger partial charge in [0.05, 0.1) is 6.54 Å². The molecule has 0 atom stereocenters. The average Bonchev–Trinajstić information content (AvgIpc) is 2.74. The first-order valence-electron chi connectivity index (χ1n) is 7.08. The molecule has 2 rings (SSSR count). The molecule has 1 aromatic rings. The van der Waals surface area contributed by atoms with Crippen LogP contribution in [0.4, 0.5) is 5.69 Å². The Bertz CT molecular complexity index is 463. The monoisotopic (exact) mass is 275 g/mol. The number of nitrogen functional groups attached to an aromatic ring is 1. The number of likely N-dealkylation sites (tertiary alicyclic amines) is 1. The van der Waals surface area contributed by atoms with Crippen molar-refractivity contribution >= 4 is 17.5 Å². The SMILES string of the molecule is Nc1ccc(C(=O)NCC(=O)N2CCCCCC2)cc1. The maximum Gasteiger partial charge on any atom is 0.251 e. The highest BCUT2D eigenvalue weighted by Crippen LogP contribution is 2.09. The number of amides is 2. The van der Waals surface area contributed by atoms with Crippen molar-refractivity contribution in [3.63, 3.8) is 0 Å². The molecule has 1 heterocycles. The van der Waals surface area contributed by atoms with E-state index in [1.54, 1.807) is 24.3 Å². The molecule has 1 saturated heterocycles. The lowest BCUT2D eigenvalue weighted by Crippen LogP contribution is -2.40. The molecule has 1 aromatic carbocycles. The third-order valence-corrected chi connectivity index (χ3v) is 3.53. The first kappa shape index (κ1) is 14.4. The van der Waals surface area contributed by atoms with E-state index in [-0.39, 0.29) is 18.4 Å². The Labute approximate surface area is 119 Å². The van der Waals surface area contributed by atoms with Gasteiger partial charge in [-0.25, -0.2) is 0 Å². The van der Waals surface area contributed by atoms with Crippen LogP contribution >= 0.6 is 0 Å². The molecule has 0 aliphatic carbocycles. The van der Waals surface area contributed by atoms with Crippen LogP contribution in [0, 0.1) is 0 Å². The lowest BCUT2D eigenvalue weighted by atomic mass is 10.2. The Morgan fingerprint density at radius 3 is 2.25 bits per heavy atom. The van der Waals surface area contributed by atoms with E-state index in [1.807, 2.05) is 4.90 Å². The van der Waals surface area contributed by atoms with Crippen molar-refractivity contribution in [3.8, 4) is 0 Å². The first-order valence-corrected chi connectivity index (χ1v) is 7.08. The minimum absolute atomic E-state index is 0.00399. The maximum absolute atomic E-state index is 12.0. The Kier molecular flexibility index (Phi) is 4.98. The van der Waals surface area contributed by atoms with Gasteiger partial charge in [0, 0.05) is 24.3 Å². The summed E-state index contributed by atoms with van der Waals surface area (Å²) in [6, 6.07) is 6.65. The number of anilines is 1. The summed E-state index contributed by atoms with van der Waals surface area (Å²) in [6.07, 6.45) is 4.47. The molecule has 3 N–H and O–H groups in total. The van der Waals surface area contributed by atoms with Crippen molar-refractivity contribution in [1.29, 1.82) is 0 Å². The number of benzene rings is 1. The second-order valence-corrected chi connectivity index (χ2v) is 5.10. The zero-order valence-electron chi connectivity index (χ0n) is 11.6. The highest BCUT2D eigenvalue weighted by Gasteiger charge is 2.16. The lowest BCUT2D eigenvalue weighted by molar-refractivity contribution is -0.130. The molecular weight excluding hydrogens is 254 g/mol. The van der Waals surface area contributed by atoms with Crippen LogP contribution in [0.2, 0.25) is 0 Å². The standard InChI is InChI=1S/C15H21N3O2/c16-13-7-5-12(6-8-13)15(20)17-11-14(19)18-9-3-1-2-4-10-18/h5-8H,1-4,9-11,16H2,(H,17,20). The summed E-state index contributed by atoms with van der Waals surface area (Å²) in [6.45, 7) is 1.66. The number of hydrogen-bond donors (Lipinski definition) is 2. The predicted molar refractivity (Wildman–Crippen MR) is 78.2 cm³/mol. The zero-order chi connectivity index (χ0) is 14.4. The van der Waals surface area contributed by atoms with Crippen molar-refractivity contribution < 1.29 is 9.59 Å². The first-order chi connectivity index (χ1) is 9.66. The van der Waals surface area contributed by atoms with Gasteiger partial charge >= 0.3 is 0 Å². The smallest absolute Gasteiger partial charge is 0.251 e. The lowest BCUT2D eigenvalue weighted by Gasteiger charge is -2.20. The van der Waals surface area contributed by atoms with Gasteiger partial charge in [0.25, 0.3) is 5.91 Å². The van der Waals surface area contributed by atoms with Crippen molar-refractivity contribution in [2.75, 3.05) is 25.4 Å². The van der Waals surface area contributed by atoms with Crippen LogP contribution in [0.25, 0.3) is 0 Å². The fraction of sp³-hybridized carbons (Fsp3) is 0.467. The van der Waals surface area contributed by atoms with Gasteiger partial charge in [-0.05, 0) is 37.1 Å². The minimum Gasteiger partial charge on any atom is -0.399 e. The van der Waals surface area contributed by atoms with E-state index in [4.69, 9.17) is 5.73 Å². The molecule has 2 amide bonds. The van der Waals surface area contributed by atoms with E-state index in [9.17, 15) is 9.59 Å². The topological polar surface area (TPSA) is 75.4 Å². The number of hydrogen-bond acceptors (Lipinski definition) is 3. The van der Waals surface area contributed by atoms with Gasteiger partial charge in [-0.1, -0.05) is 12.8 Å². The minimum atomic E-state index is -0.242. The summed E-state index contributed by atoms with van der Waals surface area (Å²) in [4.78, 5) is 25.8. The van der Waals surface area contributed by atoms with Crippen molar-refractivity contribution in [2.45, 2.75) is 25.7 Å². The maximum atomic E-state index is 12.0. The molecule has 108 valence electrons. The molecule has 0 unspecified atom stereocenters. The van der Waals surface area contributed by atoms with Gasteiger partial charge in [-0.2, -0.15) is 0 Å². The number of nitrogens with one attached hydrogen (secondary N) is 1. The van der Waals surface area contributed by atoms with Crippen LogP contribution in [0.5, 0.6) is 0 Å². The highest BCUT2D eigenvalue weighted by atomic mass is 16.2. The molecule has 20 heavy (non-hydrogen) atoms. The fourth-order valence-corrected chi connectivity index (χ4v) is 2.32. The molecule has 1 aliphatic heterocycles. The number of rotatable bonds is 3. The molecule has 5 nitrogen and oxygen atoms in total. The normalized spacial score (nSPS) is 15.5. The van der Waals surface area contributed by atoms with Crippen LogP contribution in [0.15, 0.2) is 24.3 Å². The Hall–Kier alpha value is -2.04. The second-order valence-electron chi connectivity index (χ2n) is 5.10. The Balaban J connectivity index is 1.83. The van der Waals surface area contributed by atoms with Gasteiger partial charge in [-0.15, -0.1) is 0 Å². The van der Waals surface area contributed by atoms with Crippen molar-refractivity contribution in [1.82, 2.24) is 10.2 Å². The number of nitrogens with zero attached hydrogens (tertiary/aromatic N) is 1. The molecule has 0 radical (unpaired) electrons. The van der Waals surface area contributed by atoms with Gasteiger partial charge in [0.2, 0.25) is 5.91 Å². The molecule has 1 aliphatic rings. The summed E-state index contributed by atoms with van der Waals surface area (Å²) in [7, 11) is 0. The van der Waals surface area contributed by atoms with Crippen molar-refractivity contribution in [2.24, 2.45) is 0 Å². The third-order valence-electron chi connectivity index (χ3n) is 3.53. The van der Waals surface area contributed by atoms with Crippen LogP contribution in [0.3, 0.4) is 0 Å². The summed E-state index contributed by atoms with van der Waals surface area (Å²) in [5.74, 6) is -0.246. The quantitative estimate of drug-likeness (QED) is 0.819. The van der Waals surface area contributed by atoms with Gasteiger partial charge in [0.15, 0.2) is 0 Å². The number of nitrogens with two attached hydrogens (primary N) is 1. The molecule has 5 heteroatoms. The van der Waals surface area contributed by atoms with Crippen LogP contribution in [0.1, 0.15) is 36.0 Å². The Morgan fingerprint density at radius 1 is 1.05 bits per heavy atom. The van der Waals surface area contributed by atoms with Gasteiger partial charge in [0.1, 0.15) is 0 Å². The summed E-state index contributed by atoms with van der Waals surface area (Å²) >= 11 is 0. The van der Waals surface area contributed by atoms with E-state index in [0.717, 1.165) is 25.9 Å². The molecule has 0 aromatic heterocycles. The number of carbonyl (C=O) groups is 2. The van der Waals surface area contributed by atoms with Crippen LogP contribution in [-0.2, 0) is 4.79 Å². The van der Waals surface area contributed by atoms with Crippen LogP contribution in [-0.4, -0.2) is 36.3 Å². The molecule has 0 spiro atoms. The highest BCUT2D eigenvalue weighted by molar-refractivity contribution is 5.96. The molecule has 0 saturated carbocycles. The van der Waals surface area contributed by atoms with Gasteiger partial charge < -0.3 is 16.0 Å². The molecule has 0 bridgehead atoms. The molecular formula is C15H21N3O2. The second kappa shape index (κ2) is 6.93. The largest absolute Gasteiger partial charge is 0.399 e. The predicted octanol–water partition coefficient (Wildman–Crippen LogP) is 1.40. The molecule has 1 fully saturated rings. The summed E-state index contributed by atoms with van der Waals surface area (Å²) in [5.41, 5.74) is 6.70.